The third-order valence-corrected chi connectivity index (χ3v) is 3.90. The maximum atomic E-state index is 12.4. The highest BCUT2D eigenvalue weighted by atomic mass is 35.5. The summed E-state index contributed by atoms with van der Waals surface area (Å²) in [4.78, 5) is 16.6. The van der Waals surface area contributed by atoms with Gasteiger partial charge in [-0.2, -0.15) is 11.8 Å². The number of para-hydroxylation sites is 1. The molecule has 0 spiro atoms. The highest BCUT2D eigenvalue weighted by Gasteiger charge is 2.14. The zero-order chi connectivity index (χ0) is 14.5. The number of fused-ring (bicyclic) bond motifs is 1. The highest BCUT2D eigenvalue weighted by molar-refractivity contribution is 7.98. The fourth-order valence-corrected chi connectivity index (χ4v) is 2.79. The van der Waals surface area contributed by atoms with E-state index in [0.717, 1.165) is 23.1 Å². The van der Waals surface area contributed by atoms with Crippen molar-refractivity contribution < 1.29 is 4.79 Å². The lowest BCUT2D eigenvalue weighted by Crippen LogP contribution is -2.33. The predicted molar refractivity (Wildman–Crippen MR) is 86.7 cm³/mol. The molecule has 2 aromatic rings. The Labute approximate surface area is 128 Å². The number of hydrogen-bond donors (Lipinski definition) is 1. The molecule has 3 nitrogen and oxygen atoms in total. The molecule has 1 aromatic heterocycles. The minimum Gasteiger partial charge on any atom is -0.350 e. The van der Waals surface area contributed by atoms with E-state index >= 15 is 0 Å². The van der Waals surface area contributed by atoms with E-state index in [1.54, 1.807) is 17.8 Å². The van der Waals surface area contributed by atoms with Crippen LogP contribution in [0, 0.1) is 0 Å². The van der Waals surface area contributed by atoms with Crippen LogP contribution in [0.2, 0.25) is 5.15 Å². The summed E-state index contributed by atoms with van der Waals surface area (Å²) in [6.07, 6.45) is 3.01. The number of hydrogen-bond acceptors (Lipinski definition) is 3. The van der Waals surface area contributed by atoms with Crippen LogP contribution < -0.4 is 5.32 Å². The van der Waals surface area contributed by atoms with Crippen LogP contribution >= 0.6 is 23.4 Å². The van der Waals surface area contributed by atoms with Crippen molar-refractivity contribution in [3.63, 3.8) is 0 Å². The minimum absolute atomic E-state index is 0.0981. The van der Waals surface area contributed by atoms with E-state index in [2.05, 4.69) is 16.6 Å². The van der Waals surface area contributed by atoms with Gasteiger partial charge in [0.2, 0.25) is 0 Å². The summed E-state index contributed by atoms with van der Waals surface area (Å²) in [5.41, 5.74) is 1.32. The van der Waals surface area contributed by atoms with Crippen LogP contribution in [0.4, 0.5) is 0 Å². The number of benzene rings is 1. The summed E-state index contributed by atoms with van der Waals surface area (Å²) in [6.45, 7) is 2.01. The third kappa shape index (κ3) is 3.64. The molecule has 0 bridgehead atoms. The van der Waals surface area contributed by atoms with E-state index in [9.17, 15) is 4.79 Å². The normalized spacial score (nSPS) is 12.3. The van der Waals surface area contributed by atoms with Gasteiger partial charge in [-0.25, -0.2) is 4.98 Å². The van der Waals surface area contributed by atoms with Gasteiger partial charge in [-0.1, -0.05) is 29.8 Å². The van der Waals surface area contributed by atoms with Crippen LogP contribution in [0.1, 0.15) is 23.7 Å². The van der Waals surface area contributed by atoms with Crippen molar-refractivity contribution in [3.05, 3.63) is 41.0 Å². The Bertz CT molecular complexity index is 618. The number of thioether (sulfide) groups is 1. The molecule has 106 valence electrons. The Morgan fingerprint density at radius 1 is 1.45 bits per heavy atom. The number of pyridine rings is 1. The first-order valence-corrected chi connectivity index (χ1v) is 8.24. The summed E-state index contributed by atoms with van der Waals surface area (Å²) in [7, 11) is 0. The van der Waals surface area contributed by atoms with E-state index in [1.165, 1.54) is 0 Å². The lowest BCUT2D eigenvalue weighted by molar-refractivity contribution is 0.0941. The second-order valence-corrected chi connectivity index (χ2v) is 6.04. The SMILES string of the molecule is CSCCC(C)NC(=O)c1cc(Cl)nc2ccccc12. The first-order chi connectivity index (χ1) is 9.61. The highest BCUT2D eigenvalue weighted by Crippen LogP contribution is 2.20. The predicted octanol–water partition coefficient (Wildman–Crippen LogP) is 3.76. The molecule has 2 rings (SSSR count). The van der Waals surface area contributed by atoms with Crippen molar-refractivity contribution in [1.82, 2.24) is 10.3 Å². The number of amides is 1. The number of carbonyl (C=O) groups is 1. The third-order valence-electron chi connectivity index (χ3n) is 3.06. The van der Waals surface area contributed by atoms with Crippen molar-refractivity contribution in [2.75, 3.05) is 12.0 Å². The molecule has 1 aromatic carbocycles. The monoisotopic (exact) mass is 308 g/mol. The minimum atomic E-state index is -0.0981. The van der Waals surface area contributed by atoms with Gasteiger partial charge in [0.15, 0.2) is 0 Å². The van der Waals surface area contributed by atoms with Gasteiger partial charge in [0.05, 0.1) is 11.1 Å². The maximum absolute atomic E-state index is 12.4. The first kappa shape index (κ1) is 15.1. The van der Waals surface area contributed by atoms with E-state index in [4.69, 9.17) is 11.6 Å². The number of nitrogens with zero attached hydrogens (tertiary/aromatic N) is 1. The molecule has 0 radical (unpaired) electrons. The number of halogens is 1. The molecular weight excluding hydrogens is 292 g/mol. The van der Waals surface area contributed by atoms with E-state index in [-0.39, 0.29) is 11.9 Å². The molecule has 20 heavy (non-hydrogen) atoms. The average molecular weight is 309 g/mol. The molecule has 0 aliphatic rings. The Balaban J connectivity index is 2.25. The molecule has 0 aliphatic heterocycles. The lowest BCUT2D eigenvalue weighted by atomic mass is 10.1. The molecule has 0 aliphatic carbocycles. The molecule has 0 saturated carbocycles. The van der Waals surface area contributed by atoms with E-state index in [1.807, 2.05) is 31.2 Å². The van der Waals surface area contributed by atoms with Crippen molar-refractivity contribution in [2.45, 2.75) is 19.4 Å². The second-order valence-electron chi connectivity index (χ2n) is 4.67. The number of nitrogens with one attached hydrogen (secondary N) is 1. The van der Waals surface area contributed by atoms with Gasteiger partial charge in [-0.05, 0) is 37.5 Å². The van der Waals surface area contributed by atoms with E-state index < -0.39 is 0 Å². The number of carbonyl (C=O) groups excluding carboxylic acids is 1. The van der Waals surface area contributed by atoms with Gasteiger partial charge >= 0.3 is 0 Å². The van der Waals surface area contributed by atoms with Gasteiger partial charge in [0, 0.05) is 11.4 Å². The molecule has 1 N–H and O–H groups in total. The average Bonchev–Trinajstić information content (AvgIpc) is 2.44. The van der Waals surface area contributed by atoms with E-state index in [0.29, 0.717) is 10.7 Å². The maximum Gasteiger partial charge on any atom is 0.252 e. The molecule has 1 unspecified atom stereocenters. The summed E-state index contributed by atoms with van der Waals surface area (Å²) >= 11 is 7.77. The van der Waals surface area contributed by atoms with Crippen molar-refractivity contribution in [1.29, 1.82) is 0 Å². The fraction of sp³-hybridized carbons (Fsp3) is 0.333. The Morgan fingerprint density at radius 3 is 2.95 bits per heavy atom. The zero-order valence-corrected chi connectivity index (χ0v) is 13.1. The summed E-state index contributed by atoms with van der Waals surface area (Å²) in [6, 6.07) is 9.29. The van der Waals surface area contributed by atoms with Gasteiger partial charge < -0.3 is 5.32 Å². The van der Waals surface area contributed by atoms with Gasteiger partial charge in [0.1, 0.15) is 5.15 Å². The molecule has 5 heteroatoms. The molecule has 1 heterocycles. The van der Waals surface area contributed by atoms with Crippen LogP contribution in [0.25, 0.3) is 10.9 Å². The molecule has 1 atom stereocenters. The smallest absolute Gasteiger partial charge is 0.252 e. The van der Waals surface area contributed by atoms with Crippen LogP contribution in [0.3, 0.4) is 0 Å². The molecule has 0 fully saturated rings. The van der Waals surface area contributed by atoms with Crippen molar-refractivity contribution >= 4 is 40.2 Å². The van der Waals surface area contributed by atoms with Gasteiger partial charge in [-0.15, -0.1) is 0 Å². The summed E-state index contributed by atoms with van der Waals surface area (Å²) in [5, 5.41) is 4.18. The van der Waals surface area contributed by atoms with Crippen molar-refractivity contribution in [3.8, 4) is 0 Å². The standard InChI is InChI=1S/C15H17ClN2OS/c1-10(7-8-20-2)17-15(19)12-9-14(16)18-13-6-4-3-5-11(12)13/h3-6,9-10H,7-8H2,1-2H3,(H,17,19). The Morgan fingerprint density at radius 2 is 2.20 bits per heavy atom. The van der Waals surface area contributed by atoms with Crippen LogP contribution in [-0.4, -0.2) is 28.9 Å². The fourth-order valence-electron chi connectivity index (χ4n) is 2.00. The molecule has 1 amide bonds. The van der Waals surface area contributed by atoms with Gasteiger partial charge in [0.25, 0.3) is 5.91 Å². The lowest BCUT2D eigenvalue weighted by Gasteiger charge is -2.14. The number of aromatic nitrogens is 1. The summed E-state index contributed by atoms with van der Waals surface area (Å²) < 4.78 is 0. The van der Waals surface area contributed by atoms with Crippen molar-refractivity contribution in [2.24, 2.45) is 0 Å². The Kier molecular flexibility index (Phi) is 5.26. The van der Waals surface area contributed by atoms with Gasteiger partial charge in [-0.3, -0.25) is 4.79 Å². The topological polar surface area (TPSA) is 42.0 Å². The quantitative estimate of drug-likeness (QED) is 0.855. The summed E-state index contributed by atoms with van der Waals surface area (Å²) in [5.74, 6) is 0.929. The zero-order valence-electron chi connectivity index (χ0n) is 11.5. The Hall–Kier alpha value is -1.26. The van der Waals surface area contributed by atoms with Crippen LogP contribution in [0.5, 0.6) is 0 Å². The largest absolute Gasteiger partial charge is 0.350 e. The molecule has 0 saturated heterocycles. The first-order valence-electron chi connectivity index (χ1n) is 6.47. The number of rotatable bonds is 5. The second kappa shape index (κ2) is 6.95. The molecular formula is C15H17ClN2OS. The van der Waals surface area contributed by atoms with Crippen LogP contribution in [0.15, 0.2) is 30.3 Å². The van der Waals surface area contributed by atoms with Crippen LogP contribution in [-0.2, 0) is 0 Å².